The van der Waals surface area contributed by atoms with Crippen LogP contribution in [0.1, 0.15) is 22.8 Å². The number of nitrogens with one attached hydrogen (secondary N) is 1. The quantitative estimate of drug-likeness (QED) is 0.295. The predicted octanol–water partition coefficient (Wildman–Crippen LogP) is 5.29. The molecule has 0 bridgehead atoms. The minimum Gasteiger partial charge on any atom is -0.497 e. The van der Waals surface area contributed by atoms with E-state index in [1.54, 1.807) is 33.3 Å². The van der Waals surface area contributed by atoms with Crippen molar-refractivity contribution in [1.82, 2.24) is 9.29 Å². The van der Waals surface area contributed by atoms with Crippen LogP contribution in [-0.4, -0.2) is 44.4 Å². The van der Waals surface area contributed by atoms with Gasteiger partial charge in [0, 0.05) is 29.6 Å². The molecule has 0 aliphatic carbocycles. The van der Waals surface area contributed by atoms with Crippen molar-refractivity contribution in [3.63, 3.8) is 0 Å². The van der Waals surface area contributed by atoms with E-state index in [9.17, 15) is 13.2 Å². The molecule has 0 fully saturated rings. The maximum absolute atomic E-state index is 13.2. The van der Waals surface area contributed by atoms with Crippen molar-refractivity contribution in [3.05, 3.63) is 89.3 Å². The van der Waals surface area contributed by atoms with Crippen LogP contribution >= 0.6 is 11.3 Å². The van der Waals surface area contributed by atoms with E-state index in [1.807, 2.05) is 41.8 Å². The van der Waals surface area contributed by atoms with E-state index in [1.165, 1.54) is 39.9 Å². The van der Waals surface area contributed by atoms with E-state index < -0.39 is 10.0 Å². The summed E-state index contributed by atoms with van der Waals surface area (Å²) < 4.78 is 38.5. The van der Waals surface area contributed by atoms with Gasteiger partial charge < -0.3 is 9.47 Å². The molecule has 0 aliphatic heterocycles. The van der Waals surface area contributed by atoms with Crippen LogP contribution in [-0.2, 0) is 16.6 Å². The molecule has 192 valence electrons. The Bertz CT molecular complexity index is 1470. The molecule has 4 rings (SSSR count). The molecule has 1 amide bonds. The topological polar surface area (TPSA) is 97.8 Å². The van der Waals surface area contributed by atoms with Gasteiger partial charge in [-0.3, -0.25) is 10.1 Å². The number of rotatable bonds is 10. The number of amides is 1. The molecule has 8 nitrogen and oxygen atoms in total. The Kier molecular flexibility index (Phi) is 8.22. The number of hydrogen-bond donors (Lipinski definition) is 1. The number of sulfonamides is 1. The standard InChI is InChI=1S/C27H27N3O5S2/c1-4-30(17-19-8-6-5-7-9-19)37(32,33)22-13-10-20(11-14-22)26(31)29-27-28-24(18-36-27)23-16-21(34-2)12-15-25(23)35-3/h5-16,18H,4,17H2,1-3H3,(H,28,29,31). The first-order valence-electron chi connectivity index (χ1n) is 11.5. The van der Waals surface area contributed by atoms with Gasteiger partial charge in [-0.1, -0.05) is 37.3 Å². The van der Waals surface area contributed by atoms with Gasteiger partial charge in [0.25, 0.3) is 5.91 Å². The van der Waals surface area contributed by atoms with Gasteiger partial charge in [0.15, 0.2) is 5.13 Å². The van der Waals surface area contributed by atoms with Gasteiger partial charge in [-0.15, -0.1) is 11.3 Å². The van der Waals surface area contributed by atoms with Crippen molar-refractivity contribution >= 4 is 32.4 Å². The van der Waals surface area contributed by atoms with E-state index in [4.69, 9.17) is 9.47 Å². The molecule has 0 spiro atoms. The average Bonchev–Trinajstić information content (AvgIpc) is 3.40. The van der Waals surface area contributed by atoms with E-state index in [-0.39, 0.29) is 17.3 Å². The highest BCUT2D eigenvalue weighted by atomic mass is 32.2. The summed E-state index contributed by atoms with van der Waals surface area (Å²) in [5.74, 6) is 0.906. The number of carbonyl (C=O) groups is 1. The lowest BCUT2D eigenvalue weighted by molar-refractivity contribution is 0.102. The van der Waals surface area contributed by atoms with Gasteiger partial charge in [0.2, 0.25) is 10.0 Å². The number of nitrogens with zero attached hydrogens (tertiary/aromatic N) is 2. The second-order valence-electron chi connectivity index (χ2n) is 8.00. The molecule has 0 radical (unpaired) electrons. The smallest absolute Gasteiger partial charge is 0.257 e. The Morgan fingerprint density at radius 1 is 1.00 bits per heavy atom. The molecule has 4 aromatic rings. The first-order valence-corrected chi connectivity index (χ1v) is 13.8. The molecular weight excluding hydrogens is 510 g/mol. The molecule has 3 aromatic carbocycles. The predicted molar refractivity (Wildman–Crippen MR) is 145 cm³/mol. The zero-order valence-corrected chi connectivity index (χ0v) is 22.3. The molecule has 0 aliphatic rings. The van der Waals surface area contributed by atoms with Crippen LogP contribution < -0.4 is 14.8 Å². The molecule has 37 heavy (non-hydrogen) atoms. The number of anilines is 1. The fourth-order valence-electron chi connectivity index (χ4n) is 3.72. The largest absolute Gasteiger partial charge is 0.497 e. The van der Waals surface area contributed by atoms with Gasteiger partial charge >= 0.3 is 0 Å². The van der Waals surface area contributed by atoms with Crippen molar-refractivity contribution in [3.8, 4) is 22.8 Å². The minimum absolute atomic E-state index is 0.128. The lowest BCUT2D eigenvalue weighted by atomic mass is 10.1. The van der Waals surface area contributed by atoms with Crippen molar-refractivity contribution in [1.29, 1.82) is 0 Å². The lowest BCUT2D eigenvalue weighted by Crippen LogP contribution is -2.30. The summed E-state index contributed by atoms with van der Waals surface area (Å²) in [6.45, 7) is 2.39. The molecule has 0 unspecified atom stereocenters. The summed E-state index contributed by atoms with van der Waals surface area (Å²) >= 11 is 1.27. The SMILES string of the molecule is CCN(Cc1ccccc1)S(=O)(=O)c1ccc(C(=O)Nc2nc(-c3cc(OC)ccc3OC)cs2)cc1. The Morgan fingerprint density at radius 2 is 1.73 bits per heavy atom. The van der Waals surface area contributed by atoms with Crippen LogP contribution in [0.2, 0.25) is 0 Å². The third kappa shape index (κ3) is 5.99. The highest BCUT2D eigenvalue weighted by Crippen LogP contribution is 2.35. The zero-order chi connectivity index (χ0) is 26.4. The monoisotopic (exact) mass is 537 g/mol. The van der Waals surface area contributed by atoms with E-state index in [0.29, 0.717) is 34.4 Å². The summed E-state index contributed by atoms with van der Waals surface area (Å²) in [6.07, 6.45) is 0. The fourth-order valence-corrected chi connectivity index (χ4v) is 5.86. The summed E-state index contributed by atoms with van der Waals surface area (Å²) in [5, 5.41) is 4.99. The highest BCUT2D eigenvalue weighted by Gasteiger charge is 2.23. The molecule has 1 aromatic heterocycles. The zero-order valence-electron chi connectivity index (χ0n) is 20.7. The molecule has 0 atom stereocenters. The van der Waals surface area contributed by atoms with Gasteiger partial charge in [-0.2, -0.15) is 4.31 Å². The Labute approximate surface area is 220 Å². The van der Waals surface area contributed by atoms with Gasteiger partial charge in [0.05, 0.1) is 24.8 Å². The molecule has 1 heterocycles. The molecule has 0 saturated carbocycles. The third-order valence-corrected chi connectivity index (χ3v) is 8.41. The summed E-state index contributed by atoms with van der Waals surface area (Å²) in [6, 6.07) is 20.7. The number of methoxy groups -OCH3 is 2. The second kappa shape index (κ2) is 11.5. The molecule has 1 N–H and O–H groups in total. The normalized spacial score (nSPS) is 11.4. The summed E-state index contributed by atoms with van der Waals surface area (Å²) in [7, 11) is -0.565. The average molecular weight is 538 g/mol. The van der Waals surface area contributed by atoms with Crippen LogP contribution in [0, 0.1) is 0 Å². The van der Waals surface area contributed by atoms with E-state index in [0.717, 1.165) is 11.1 Å². The summed E-state index contributed by atoms with van der Waals surface area (Å²) in [4.78, 5) is 17.5. The lowest BCUT2D eigenvalue weighted by Gasteiger charge is -2.20. The number of benzene rings is 3. The Balaban J connectivity index is 1.48. The van der Waals surface area contributed by atoms with E-state index >= 15 is 0 Å². The van der Waals surface area contributed by atoms with Crippen LogP contribution in [0.4, 0.5) is 5.13 Å². The number of carbonyl (C=O) groups excluding carboxylic acids is 1. The summed E-state index contributed by atoms with van der Waals surface area (Å²) in [5.41, 5.74) is 2.60. The maximum Gasteiger partial charge on any atom is 0.257 e. The number of aromatic nitrogens is 1. The molecular formula is C27H27N3O5S2. The number of ether oxygens (including phenoxy) is 2. The molecule has 10 heteroatoms. The van der Waals surface area contributed by atoms with Crippen LogP contribution in [0.15, 0.2) is 83.1 Å². The first-order chi connectivity index (χ1) is 17.8. The van der Waals surface area contributed by atoms with Crippen molar-refractivity contribution < 1.29 is 22.7 Å². The molecule has 0 saturated heterocycles. The van der Waals surface area contributed by atoms with Crippen molar-refractivity contribution in [2.45, 2.75) is 18.4 Å². The first kappa shape index (κ1) is 26.3. The van der Waals surface area contributed by atoms with Crippen LogP contribution in [0.5, 0.6) is 11.5 Å². The van der Waals surface area contributed by atoms with Gasteiger partial charge in [0.1, 0.15) is 11.5 Å². The number of thiazole rings is 1. The fraction of sp³-hybridized carbons (Fsp3) is 0.185. The van der Waals surface area contributed by atoms with E-state index in [2.05, 4.69) is 10.3 Å². The maximum atomic E-state index is 13.2. The van der Waals surface area contributed by atoms with Crippen molar-refractivity contribution in [2.75, 3.05) is 26.1 Å². The third-order valence-electron chi connectivity index (χ3n) is 5.72. The second-order valence-corrected chi connectivity index (χ2v) is 10.8. The Morgan fingerprint density at radius 3 is 2.38 bits per heavy atom. The van der Waals surface area contributed by atoms with Crippen molar-refractivity contribution in [2.24, 2.45) is 0 Å². The van der Waals surface area contributed by atoms with Crippen LogP contribution in [0.3, 0.4) is 0 Å². The van der Waals surface area contributed by atoms with Gasteiger partial charge in [-0.25, -0.2) is 13.4 Å². The Hall–Kier alpha value is -3.73. The minimum atomic E-state index is -3.72. The van der Waals surface area contributed by atoms with Crippen LogP contribution in [0.25, 0.3) is 11.3 Å². The number of hydrogen-bond acceptors (Lipinski definition) is 7. The highest BCUT2D eigenvalue weighted by molar-refractivity contribution is 7.89. The van der Waals surface area contributed by atoms with Gasteiger partial charge in [-0.05, 0) is 48.0 Å².